The normalized spacial score (nSPS) is 12.6. The second-order valence-electron chi connectivity index (χ2n) is 11.8. The first-order chi connectivity index (χ1) is 22.8. The molecular formula is C44H33NO. The SMILES string of the molecule is COc1ccc(-c2ccc3c(c2)C(c2ccccc2)(c2ccccc2)c2cccc(Nc4ccc(-c5ccccc5)cc4)c2-3)cc1. The molecule has 0 aliphatic heterocycles. The van der Waals surface area contributed by atoms with E-state index in [1.165, 1.54) is 50.1 Å². The minimum absolute atomic E-state index is 0.496. The van der Waals surface area contributed by atoms with Gasteiger partial charge in [-0.05, 0) is 86.5 Å². The van der Waals surface area contributed by atoms with E-state index in [-0.39, 0.29) is 0 Å². The lowest BCUT2D eigenvalue weighted by Gasteiger charge is -2.34. The molecule has 0 bridgehead atoms. The third-order valence-electron chi connectivity index (χ3n) is 9.27. The molecule has 220 valence electrons. The van der Waals surface area contributed by atoms with Crippen LogP contribution in [0.3, 0.4) is 0 Å². The minimum atomic E-state index is -0.496. The average Bonchev–Trinajstić information content (AvgIpc) is 3.44. The zero-order chi connectivity index (χ0) is 30.9. The van der Waals surface area contributed by atoms with Crippen LogP contribution in [0.25, 0.3) is 33.4 Å². The smallest absolute Gasteiger partial charge is 0.118 e. The molecule has 0 saturated heterocycles. The number of methoxy groups -OCH3 is 1. The minimum Gasteiger partial charge on any atom is -0.497 e. The zero-order valence-electron chi connectivity index (χ0n) is 25.7. The molecule has 0 atom stereocenters. The Labute approximate surface area is 270 Å². The lowest BCUT2D eigenvalue weighted by molar-refractivity contribution is 0.415. The largest absolute Gasteiger partial charge is 0.497 e. The van der Waals surface area contributed by atoms with E-state index in [1.54, 1.807) is 7.11 Å². The molecule has 0 heterocycles. The van der Waals surface area contributed by atoms with Gasteiger partial charge >= 0.3 is 0 Å². The van der Waals surface area contributed by atoms with E-state index in [9.17, 15) is 0 Å². The van der Waals surface area contributed by atoms with Crippen LogP contribution in [-0.4, -0.2) is 7.11 Å². The predicted molar refractivity (Wildman–Crippen MR) is 191 cm³/mol. The van der Waals surface area contributed by atoms with E-state index >= 15 is 0 Å². The number of anilines is 2. The summed E-state index contributed by atoms with van der Waals surface area (Å²) in [5, 5.41) is 3.81. The number of hydrogen-bond donors (Lipinski definition) is 1. The highest BCUT2D eigenvalue weighted by Gasteiger charge is 2.47. The van der Waals surface area contributed by atoms with Crippen molar-refractivity contribution in [3.8, 4) is 39.1 Å². The molecule has 0 saturated carbocycles. The number of nitrogens with one attached hydrogen (secondary N) is 1. The van der Waals surface area contributed by atoms with Gasteiger partial charge in [-0.15, -0.1) is 0 Å². The van der Waals surface area contributed by atoms with Gasteiger partial charge in [0.05, 0.1) is 12.5 Å². The molecule has 7 aromatic carbocycles. The van der Waals surface area contributed by atoms with Crippen molar-refractivity contribution in [3.63, 3.8) is 0 Å². The Kier molecular flexibility index (Phi) is 6.96. The Balaban J connectivity index is 1.33. The first-order valence-electron chi connectivity index (χ1n) is 15.7. The van der Waals surface area contributed by atoms with Gasteiger partial charge in [-0.2, -0.15) is 0 Å². The highest BCUT2D eigenvalue weighted by Crippen LogP contribution is 2.58. The van der Waals surface area contributed by atoms with Gasteiger partial charge in [0.2, 0.25) is 0 Å². The van der Waals surface area contributed by atoms with Crippen LogP contribution in [0.1, 0.15) is 22.3 Å². The molecule has 46 heavy (non-hydrogen) atoms. The summed E-state index contributed by atoms with van der Waals surface area (Å²) in [6.45, 7) is 0. The molecule has 0 amide bonds. The van der Waals surface area contributed by atoms with Gasteiger partial charge in [0.1, 0.15) is 5.75 Å². The van der Waals surface area contributed by atoms with Crippen LogP contribution in [-0.2, 0) is 5.41 Å². The van der Waals surface area contributed by atoms with Crippen LogP contribution in [0.5, 0.6) is 5.75 Å². The van der Waals surface area contributed by atoms with E-state index in [1.807, 2.05) is 12.1 Å². The van der Waals surface area contributed by atoms with Crippen molar-refractivity contribution >= 4 is 11.4 Å². The third-order valence-corrected chi connectivity index (χ3v) is 9.27. The molecule has 0 radical (unpaired) electrons. The fourth-order valence-corrected chi connectivity index (χ4v) is 7.14. The summed E-state index contributed by atoms with van der Waals surface area (Å²) in [4.78, 5) is 0. The number of benzene rings is 7. The maximum atomic E-state index is 5.45. The van der Waals surface area contributed by atoms with Crippen LogP contribution in [0, 0.1) is 0 Å². The Hall–Kier alpha value is -5.86. The summed E-state index contributed by atoms with van der Waals surface area (Å²) in [6, 6.07) is 63.2. The first kappa shape index (κ1) is 27.7. The molecule has 0 unspecified atom stereocenters. The maximum Gasteiger partial charge on any atom is 0.118 e. The average molecular weight is 592 g/mol. The molecule has 0 spiro atoms. The summed E-state index contributed by atoms with van der Waals surface area (Å²) in [5.41, 5.74) is 13.9. The molecule has 0 aromatic heterocycles. The summed E-state index contributed by atoms with van der Waals surface area (Å²) in [5.74, 6) is 0.854. The Morgan fingerprint density at radius 3 is 1.63 bits per heavy atom. The van der Waals surface area contributed by atoms with Crippen molar-refractivity contribution in [2.45, 2.75) is 5.41 Å². The molecule has 2 heteroatoms. The molecule has 7 aromatic rings. The molecular weight excluding hydrogens is 558 g/mol. The fourth-order valence-electron chi connectivity index (χ4n) is 7.14. The Morgan fingerprint density at radius 1 is 0.457 bits per heavy atom. The van der Waals surface area contributed by atoms with Crippen molar-refractivity contribution in [2.75, 3.05) is 12.4 Å². The van der Waals surface area contributed by atoms with Gasteiger partial charge in [-0.1, -0.05) is 140 Å². The number of ether oxygens (including phenoxy) is 1. The number of rotatable bonds is 7. The van der Waals surface area contributed by atoms with E-state index in [4.69, 9.17) is 4.74 Å². The number of hydrogen-bond acceptors (Lipinski definition) is 2. The Bertz CT molecular complexity index is 2080. The number of fused-ring (bicyclic) bond motifs is 3. The van der Waals surface area contributed by atoms with Crippen LogP contribution >= 0.6 is 0 Å². The molecule has 2 nitrogen and oxygen atoms in total. The quantitative estimate of drug-likeness (QED) is 0.199. The maximum absolute atomic E-state index is 5.45. The van der Waals surface area contributed by atoms with Crippen LogP contribution < -0.4 is 10.1 Å². The monoisotopic (exact) mass is 591 g/mol. The summed E-state index contributed by atoms with van der Waals surface area (Å²) in [7, 11) is 1.71. The summed E-state index contributed by atoms with van der Waals surface area (Å²) < 4.78 is 5.45. The molecule has 0 fully saturated rings. The van der Waals surface area contributed by atoms with Crippen molar-refractivity contribution in [3.05, 3.63) is 198 Å². The van der Waals surface area contributed by atoms with Crippen LogP contribution in [0.4, 0.5) is 11.4 Å². The second-order valence-corrected chi connectivity index (χ2v) is 11.8. The van der Waals surface area contributed by atoms with Gasteiger partial charge in [-0.25, -0.2) is 0 Å². The van der Waals surface area contributed by atoms with E-state index in [2.05, 4.69) is 169 Å². The Morgan fingerprint density at radius 2 is 1.00 bits per heavy atom. The van der Waals surface area contributed by atoms with E-state index < -0.39 is 5.41 Å². The lowest BCUT2D eigenvalue weighted by atomic mass is 9.67. The molecule has 1 N–H and O–H groups in total. The lowest BCUT2D eigenvalue weighted by Crippen LogP contribution is -2.28. The van der Waals surface area contributed by atoms with Gasteiger partial charge < -0.3 is 10.1 Å². The van der Waals surface area contributed by atoms with E-state index in [0.717, 1.165) is 22.7 Å². The first-order valence-corrected chi connectivity index (χ1v) is 15.7. The van der Waals surface area contributed by atoms with Gasteiger partial charge in [0.15, 0.2) is 0 Å². The molecule has 1 aliphatic carbocycles. The molecule has 1 aliphatic rings. The van der Waals surface area contributed by atoms with Crippen molar-refractivity contribution in [1.82, 2.24) is 0 Å². The highest BCUT2D eigenvalue weighted by atomic mass is 16.5. The topological polar surface area (TPSA) is 21.3 Å². The van der Waals surface area contributed by atoms with E-state index in [0.29, 0.717) is 0 Å². The standard InChI is InChI=1S/C44H33NO/c1-46-38-27-22-33(23-28-38)34-24-29-39-41(30-34)44(35-14-7-3-8-15-35,36-16-9-4-10-17-36)40-18-11-19-42(43(39)40)45-37-25-20-32(21-26-37)31-12-5-2-6-13-31/h2-30,45H,1H3. The van der Waals surface area contributed by atoms with Crippen molar-refractivity contribution < 1.29 is 4.74 Å². The second kappa shape index (κ2) is 11.6. The third kappa shape index (κ3) is 4.58. The summed E-state index contributed by atoms with van der Waals surface area (Å²) in [6.07, 6.45) is 0. The van der Waals surface area contributed by atoms with Gasteiger partial charge in [0, 0.05) is 16.9 Å². The zero-order valence-corrected chi connectivity index (χ0v) is 25.7. The predicted octanol–water partition coefficient (Wildman–Crippen LogP) is 11.1. The summed E-state index contributed by atoms with van der Waals surface area (Å²) >= 11 is 0. The highest BCUT2D eigenvalue weighted by molar-refractivity contribution is 5.95. The fraction of sp³-hybridized carbons (Fsp3) is 0.0455. The van der Waals surface area contributed by atoms with Crippen LogP contribution in [0.15, 0.2) is 176 Å². The molecule has 8 rings (SSSR count). The van der Waals surface area contributed by atoms with Crippen LogP contribution in [0.2, 0.25) is 0 Å². The van der Waals surface area contributed by atoms with Crippen molar-refractivity contribution in [2.24, 2.45) is 0 Å². The van der Waals surface area contributed by atoms with Gasteiger partial charge in [0.25, 0.3) is 0 Å². The van der Waals surface area contributed by atoms with Crippen molar-refractivity contribution in [1.29, 1.82) is 0 Å². The van der Waals surface area contributed by atoms with Gasteiger partial charge in [-0.3, -0.25) is 0 Å².